The maximum Gasteiger partial charge on any atom is 0.358 e. The highest BCUT2D eigenvalue weighted by Gasteiger charge is 2.22. The van der Waals surface area contributed by atoms with Crippen molar-refractivity contribution < 1.29 is 19.4 Å². The van der Waals surface area contributed by atoms with Crippen LogP contribution in [0.25, 0.3) is 0 Å². The molecule has 1 unspecified atom stereocenters. The molecule has 1 N–H and O–H groups in total. The Morgan fingerprint density at radius 2 is 2.29 bits per heavy atom. The fourth-order valence-electron chi connectivity index (χ4n) is 2.55. The molecule has 0 aromatic carbocycles. The van der Waals surface area contributed by atoms with Gasteiger partial charge >= 0.3 is 11.9 Å². The van der Waals surface area contributed by atoms with Gasteiger partial charge in [-0.1, -0.05) is 0 Å². The van der Waals surface area contributed by atoms with Crippen LogP contribution in [-0.4, -0.2) is 47.2 Å². The fraction of sp³-hybridized carbons (Fsp3) is 0.571. The summed E-state index contributed by atoms with van der Waals surface area (Å²) in [6, 6.07) is 0. The number of carboxylic acid groups (broad SMARTS) is 1. The van der Waals surface area contributed by atoms with Crippen LogP contribution in [0.3, 0.4) is 0 Å². The molecule has 1 aliphatic heterocycles. The number of carbonyl (C=O) groups excluding carboxylic acids is 1. The van der Waals surface area contributed by atoms with Crippen LogP contribution >= 0.6 is 0 Å². The molecule has 7 nitrogen and oxygen atoms in total. The first-order valence-corrected chi connectivity index (χ1v) is 6.97. The Labute approximate surface area is 123 Å². The Kier molecular flexibility index (Phi) is 5.08. The average Bonchev–Trinajstić information content (AvgIpc) is 2.52. The van der Waals surface area contributed by atoms with Crippen molar-refractivity contribution in [3.05, 3.63) is 18.1 Å². The summed E-state index contributed by atoms with van der Waals surface area (Å²) in [5.41, 5.74) is 0.183. The summed E-state index contributed by atoms with van der Waals surface area (Å²) in [5, 5.41) is 8.76. The van der Waals surface area contributed by atoms with Crippen LogP contribution in [0.2, 0.25) is 0 Å². The van der Waals surface area contributed by atoms with Gasteiger partial charge in [0.1, 0.15) is 5.82 Å². The van der Waals surface area contributed by atoms with Crippen molar-refractivity contribution in [1.29, 1.82) is 0 Å². The molecular weight excluding hydrogens is 274 g/mol. The molecular formula is C14H19N3O4. The normalized spacial score (nSPS) is 18.3. The summed E-state index contributed by atoms with van der Waals surface area (Å²) in [6.07, 6.45) is 5.85. The molecule has 7 heteroatoms. The SMILES string of the molecule is COC(=O)c1cncc(N2CCCC(CCC(=O)O)C2)n1. The van der Waals surface area contributed by atoms with E-state index in [4.69, 9.17) is 5.11 Å². The molecule has 2 rings (SSSR count). The summed E-state index contributed by atoms with van der Waals surface area (Å²) >= 11 is 0. The Hall–Kier alpha value is -2.18. The lowest BCUT2D eigenvalue weighted by molar-refractivity contribution is -0.137. The number of aromatic nitrogens is 2. The number of nitrogens with zero attached hydrogens (tertiary/aromatic N) is 3. The molecule has 1 aromatic rings. The molecule has 0 aliphatic carbocycles. The van der Waals surface area contributed by atoms with Gasteiger partial charge < -0.3 is 14.7 Å². The van der Waals surface area contributed by atoms with Crippen LogP contribution in [0.15, 0.2) is 12.4 Å². The number of piperidine rings is 1. The number of carboxylic acids is 1. The topological polar surface area (TPSA) is 92.6 Å². The van der Waals surface area contributed by atoms with Crippen LogP contribution in [0.5, 0.6) is 0 Å². The number of rotatable bonds is 5. The van der Waals surface area contributed by atoms with Crippen molar-refractivity contribution in [2.45, 2.75) is 25.7 Å². The first kappa shape index (κ1) is 15.2. The Bertz CT molecular complexity index is 521. The number of methoxy groups -OCH3 is 1. The van der Waals surface area contributed by atoms with Gasteiger partial charge in [-0.2, -0.15) is 0 Å². The highest BCUT2D eigenvalue weighted by Crippen LogP contribution is 2.24. The van der Waals surface area contributed by atoms with Gasteiger partial charge in [0.05, 0.1) is 19.5 Å². The third kappa shape index (κ3) is 4.14. The van der Waals surface area contributed by atoms with Crippen molar-refractivity contribution in [2.24, 2.45) is 5.92 Å². The predicted molar refractivity (Wildman–Crippen MR) is 75.2 cm³/mol. The van der Waals surface area contributed by atoms with E-state index in [-0.39, 0.29) is 12.1 Å². The monoisotopic (exact) mass is 293 g/mol. The van der Waals surface area contributed by atoms with Gasteiger partial charge in [0, 0.05) is 19.5 Å². The number of carbonyl (C=O) groups is 2. The highest BCUT2D eigenvalue weighted by molar-refractivity contribution is 5.87. The summed E-state index contributed by atoms with van der Waals surface area (Å²) in [6.45, 7) is 1.58. The van der Waals surface area contributed by atoms with Gasteiger partial charge in [-0.05, 0) is 25.2 Å². The molecule has 1 aliphatic rings. The fourth-order valence-corrected chi connectivity index (χ4v) is 2.55. The van der Waals surface area contributed by atoms with E-state index < -0.39 is 11.9 Å². The van der Waals surface area contributed by atoms with Crippen LogP contribution in [-0.2, 0) is 9.53 Å². The second-order valence-electron chi connectivity index (χ2n) is 5.14. The minimum atomic E-state index is -0.764. The third-order valence-electron chi connectivity index (χ3n) is 3.63. The van der Waals surface area contributed by atoms with Gasteiger partial charge in [-0.25, -0.2) is 9.78 Å². The lowest BCUT2D eigenvalue weighted by Crippen LogP contribution is -2.36. The summed E-state index contributed by atoms with van der Waals surface area (Å²) < 4.78 is 4.64. The number of aliphatic carboxylic acids is 1. The van der Waals surface area contributed by atoms with Crippen molar-refractivity contribution >= 4 is 17.8 Å². The van der Waals surface area contributed by atoms with E-state index in [2.05, 4.69) is 19.6 Å². The largest absolute Gasteiger partial charge is 0.481 e. The average molecular weight is 293 g/mol. The van der Waals surface area contributed by atoms with E-state index in [0.29, 0.717) is 18.2 Å². The zero-order valence-corrected chi connectivity index (χ0v) is 12.0. The maximum absolute atomic E-state index is 11.5. The van der Waals surface area contributed by atoms with Gasteiger partial charge in [0.15, 0.2) is 5.69 Å². The molecule has 1 atom stereocenters. The van der Waals surface area contributed by atoms with E-state index in [0.717, 1.165) is 25.9 Å². The number of hydrogen-bond acceptors (Lipinski definition) is 6. The van der Waals surface area contributed by atoms with Crippen LogP contribution in [0.4, 0.5) is 5.82 Å². The van der Waals surface area contributed by atoms with Crippen LogP contribution in [0, 0.1) is 5.92 Å². The quantitative estimate of drug-likeness (QED) is 0.819. The zero-order valence-electron chi connectivity index (χ0n) is 12.0. The highest BCUT2D eigenvalue weighted by atomic mass is 16.5. The van der Waals surface area contributed by atoms with Crippen molar-refractivity contribution in [3.8, 4) is 0 Å². The smallest absolute Gasteiger partial charge is 0.358 e. The van der Waals surface area contributed by atoms with E-state index in [1.54, 1.807) is 6.20 Å². The lowest BCUT2D eigenvalue weighted by Gasteiger charge is -2.33. The van der Waals surface area contributed by atoms with Crippen molar-refractivity contribution in [2.75, 3.05) is 25.1 Å². The number of esters is 1. The molecule has 21 heavy (non-hydrogen) atoms. The second-order valence-corrected chi connectivity index (χ2v) is 5.14. The Morgan fingerprint density at radius 3 is 3.00 bits per heavy atom. The Balaban J connectivity index is 2.03. The molecule has 0 radical (unpaired) electrons. The predicted octanol–water partition coefficient (Wildman–Crippen LogP) is 1.34. The zero-order chi connectivity index (χ0) is 15.2. The van der Waals surface area contributed by atoms with Gasteiger partial charge in [0.2, 0.25) is 0 Å². The molecule has 0 amide bonds. The van der Waals surface area contributed by atoms with Crippen LogP contribution in [0.1, 0.15) is 36.2 Å². The maximum atomic E-state index is 11.5. The standard InChI is InChI=1S/C14H19N3O4/c1-21-14(20)11-7-15-8-12(16-11)17-6-2-3-10(9-17)4-5-13(18)19/h7-8,10H,2-6,9H2,1H3,(H,18,19). The van der Waals surface area contributed by atoms with E-state index in [1.807, 2.05) is 0 Å². The van der Waals surface area contributed by atoms with Crippen LogP contribution < -0.4 is 4.90 Å². The summed E-state index contributed by atoms with van der Waals surface area (Å²) in [4.78, 5) is 32.5. The number of anilines is 1. The molecule has 1 aromatic heterocycles. The van der Waals surface area contributed by atoms with E-state index >= 15 is 0 Å². The lowest BCUT2D eigenvalue weighted by atomic mass is 9.93. The van der Waals surface area contributed by atoms with E-state index in [1.165, 1.54) is 13.3 Å². The summed E-state index contributed by atoms with van der Waals surface area (Å²) in [7, 11) is 1.31. The van der Waals surface area contributed by atoms with Crippen molar-refractivity contribution in [1.82, 2.24) is 9.97 Å². The third-order valence-corrected chi connectivity index (χ3v) is 3.63. The molecule has 114 valence electrons. The minimum absolute atomic E-state index is 0.183. The molecule has 0 spiro atoms. The minimum Gasteiger partial charge on any atom is -0.481 e. The van der Waals surface area contributed by atoms with Gasteiger partial charge in [-0.3, -0.25) is 9.78 Å². The number of hydrogen-bond donors (Lipinski definition) is 1. The Morgan fingerprint density at radius 1 is 1.48 bits per heavy atom. The number of ether oxygens (including phenoxy) is 1. The molecule has 0 saturated carbocycles. The van der Waals surface area contributed by atoms with Gasteiger partial charge in [-0.15, -0.1) is 0 Å². The van der Waals surface area contributed by atoms with Crippen molar-refractivity contribution in [3.63, 3.8) is 0 Å². The molecule has 0 bridgehead atoms. The molecule has 1 saturated heterocycles. The molecule has 2 heterocycles. The van der Waals surface area contributed by atoms with E-state index in [9.17, 15) is 9.59 Å². The second kappa shape index (κ2) is 7.01. The summed E-state index contributed by atoms with van der Waals surface area (Å²) in [5.74, 6) is -0.306. The van der Waals surface area contributed by atoms with Gasteiger partial charge in [0.25, 0.3) is 0 Å². The molecule has 1 fully saturated rings. The first-order chi connectivity index (χ1) is 10.1. The first-order valence-electron chi connectivity index (χ1n) is 6.97.